The molecule has 0 saturated carbocycles. The second kappa shape index (κ2) is 4.95. The van der Waals surface area contributed by atoms with Gasteiger partial charge in [0.05, 0.1) is 12.3 Å². The zero-order valence-electron chi connectivity index (χ0n) is 6.23. The van der Waals surface area contributed by atoms with Crippen LogP contribution in [0.2, 0.25) is 0 Å². The lowest BCUT2D eigenvalue weighted by Gasteiger charge is -2.12. The lowest BCUT2D eigenvalue weighted by molar-refractivity contribution is 1.06. The Kier molecular flexibility index (Phi) is 5.63. The third-order valence-electron chi connectivity index (χ3n) is 1.19. The van der Waals surface area contributed by atoms with E-state index in [1.54, 1.807) is 0 Å². The molecule has 0 aromatic heterocycles. The second-order valence-corrected chi connectivity index (χ2v) is 10.9. The molecule has 0 nitrogen and oxygen atoms in total. The maximum Gasteiger partial charge on any atom is 0.375 e. The first kappa shape index (κ1) is 10.2. The zero-order chi connectivity index (χ0) is 7.33. The fourth-order valence-electron chi connectivity index (χ4n) is 0.855. The Morgan fingerprint density at radius 2 is 1.56 bits per heavy atom. The summed E-state index contributed by atoms with van der Waals surface area (Å²) >= 11 is 2.46. The molecule has 9 heavy (non-hydrogen) atoms. The molecule has 0 N–H and O–H groups in total. The lowest BCUT2D eigenvalue weighted by atomic mass is 10.6. The predicted molar refractivity (Wildman–Crippen MR) is 57.0 cm³/mol. The Morgan fingerprint density at radius 1 is 1.22 bits per heavy atom. The van der Waals surface area contributed by atoms with Gasteiger partial charge in [-0.05, 0) is 12.8 Å². The molecule has 0 bridgehead atoms. The van der Waals surface area contributed by atoms with Gasteiger partial charge in [0.2, 0.25) is 0 Å². The standard InChI is InChI=1S/C6H14BIP/c1-3-5-9(7,8)6-4-2/h3-6H2,1-2H3/q+1. The fraction of sp³-hybridized carbons (Fsp3) is 1.00. The summed E-state index contributed by atoms with van der Waals surface area (Å²) in [7, 11) is 6.04. The fourth-order valence-corrected chi connectivity index (χ4v) is 5.46. The van der Waals surface area contributed by atoms with Crippen molar-refractivity contribution >= 4 is 34.4 Å². The Bertz CT molecular complexity index is 67.5. The van der Waals surface area contributed by atoms with E-state index < -0.39 is 4.78 Å². The molecule has 52 valence electrons. The normalized spacial score (nSPS) is 11.9. The molecule has 0 aromatic carbocycles. The topological polar surface area (TPSA) is 0 Å². The van der Waals surface area contributed by atoms with Gasteiger partial charge in [0, 0.05) is 4.78 Å². The molecule has 2 radical (unpaired) electrons. The van der Waals surface area contributed by atoms with E-state index >= 15 is 0 Å². The van der Waals surface area contributed by atoms with Crippen LogP contribution in [0, 0.1) is 0 Å². The first-order valence-corrected chi connectivity index (χ1v) is 8.49. The molecule has 0 spiro atoms. The Morgan fingerprint density at radius 3 is 1.78 bits per heavy atom. The maximum absolute atomic E-state index is 6.04. The number of hydrogen-bond donors (Lipinski definition) is 0. The van der Waals surface area contributed by atoms with E-state index in [0.717, 1.165) is 0 Å². The van der Waals surface area contributed by atoms with Gasteiger partial charge in [-0.25, -0.2) is 0 Å². The summed E-state index contributed by atoms with van der Waals surface area (Å²) in [5, 5.41) is 0. The van der Waals surface area contributed by atoms with Crippen molar-refractivity contribution in [1.82, 2.24) is 0 Å². The SMILES string of the molecule is [B][P+](I)(CCC)CCC. The van der Waals surface area contributed by atoms with Crippen LogP contribution in [-0.2, 0) is 0 Å². The van der Waals surface area contributed by atoms with Gasteiger partial charge in [-0.15, -0.1) is 0 Å². The van der Waals surface area contributed by atoms with Gasteiger partial charge < -0.3 is 0 Å². The van der Waals surface area contributed by atoms with E-state index in [2.05, 4.69) is 35.9 Å². The molecule has 0 saturated heterocycles. The largest absolute Gasteiger partial charge is 0.375 e. The highest BCUT2D eigenvalue weighted by molar-refractivity contribution is 14.2. The lowest BCUT2D eigenvalue weighted by Crippen LogP contribution is -1.94. The summed E-state index contributed by atoms with van der Waals surface area (Å²) in [6.07, 6.45) is 4.99. The molecule has 3 heteroatoms. The van der Waals surface area contributed by atoms with Crippen molar-refractivity contribution in [1.29, 1.82) is 0 Å². The Labute approximate surface area is 73.4 Å². The quantitative estimate of drug-likeness (QED) is 0.411. The van der Waals surface area contributed by atoms with Crippen molar-refractivity contribution in [2.24, 2.45) is 0 Å². The Hall–Kier alpha value is 1.22. The van der Waals surface area contributed by atoms with Gasteiger partial charge in [0.15, 0.2) is 0 Å². The van der Waals surface area contributed by atoms with E-state index in [1.165, 1.54) is 25.2 Å². The van der Waals surface area contributed by atoms with E-state index in [1.807, 2.05) is 0 Å². The van der Waals surface area contributed by atoms with Crippen LogP contribution < -0.4 is 0 Å². The number of rotatable bonds is 4. The molecule has 0 fully saturated rings. The number of hydrogen-bond acceptors (Lipinski definition) is 0. The summed E-state index contributed by atoms with van der Waals surface area (Å²) < 4.78 is 0. The average Bonchev–Trinajstić information content (AvgIpc) is 1.64. The van der Waals surface area contributed by atoms with Crippen molar-refractivity contribution in [3.63, 3.8) is 0 Å². The molecule has 0 amide bonds. The molecule has 0 heterocycles. The average molecular weight is 255 g/mol. The van der Waals surface area contributed by atoms with Gasteiger partial charge in [0.1, 0.15) is 22.0 Å². The first-order chi connectivity index (χ1) is 4.12. The van der Waals surface area contributed by atoms with Crippen LogP contribution in [0.3, 0.4) is 0 Å². The van der Waals surface area contributed by atoms with Crippen molar-refractivity contribution < 1.29 is 0 Å². The highest BCUT2D eigenvalue weighted by Gasteiger charge is 2.25. The van der Waals surface area contributed by atoms with Gasteiger partial charge in [-0.1, -0.05) is 13.8 Å². The molecule has 0 aliphatic rings. The van der Waals surface area contributed by atoms with Crippen molar-refractivity contribution in [2.45, 2.75) is 26.7 Å². The van der Waals surface area contributed by atoms with Crippen LogP contribution >= 0.6 is 26.8 Å². The van der Waals surface area contributed by atoms with E-state index in [-0.39, 0.29) is 0 Å². The van der Waals surface area contributed by atoms with Gasteiger partial charge in [-0.3, -0.25) is 0 Å². The monoisotopic (exact) mass is 255 g/mol. The van der Waals surface area contributed by atoms with E-state index in [4.69, 9.17) is 7.57 Å². The molecule has 0 aromatic rings. The minimum Gasteiger partial charge on any atom is -0.0620 e. The summed E-state index contributed by atoms with van der Waals surface area (Å²) in [5.74, 6) is 0. The van der Waals surface area contributed by atoms with Crippen molar-refractivity contribution in [3.8, 4) is 0 Å². The minimum absolute atomic E-state index is 0.973. The van der Waals surface area contributed by atoms with Crippen molar-refractivity contribution in [3.05, 3.63) is 0 Å². The smallest absolute Gasteiger partial charge is 0.0620 e. The van der Waals surface area contributed by atoms with Gasteiger partial charge >= 0.3 is 7.57 Å². The number of halogens is 1. The highest BCUT2D eigenvalue weighted by Crippen LogP contribution is 2.63. The van der Waals surface area contributed by atoms with Crippen LogP contribution in [-0.4, -0.2) is 19.9 Å². The zero-order valence-corrected chi connectivity index (χ0v) is 9.28. The predicted octanol–water partition coefficient (Wildman–Crippen LogP) is 3.26. The van der Waals surface area contributed by atoms with Crippen LogP contribution in [0.25, 0.3) is 0 Å². The third kappa shape index (κ3) is 5.66. The second-order valence-electron chi connectivity index (χ2n) is 2.37. The molecule has 0 rings (SSSR count). The first-order valence-electron chi connectivity index (χ1n) is 3.47. The summed E-state index contributed by atoms with van der Waals surface area (Å²) in [5.41, 5.74) is 0. The molecule has 0 aliphatic carbocycles. The summed E-state index contributed by atoms with van der Waals surface area (Å²) in [6.45, 7) is 4.41. The van der Waals surface area contributed by atoms with Crippen LogP contribution in [0.1, 0.15) is 26.7 Å². The van der Waals surface area contributed by atoms with Gasteiger partial charge in [-0.2, -0.15) is 0 Å². The van der Waals surface area contributed by atoms with Gasteiger partial charge in [0.25, 0.3) is 0 Å². The van der Waals surface area contributed by atoms with E-state index in [9.17, 15) is 0 Å². The maximum atomic E-state index is 6.04. The van der Waals surface area contributed by atoms with Crippen LogP contribution in [0.4, 0.5) is 0 Å². The Balaban J connectivity index is 3.43. The summed E-state index contributed by atoms with van der Waals surface area (Å²) in [6, 6.07) is 0. The molecule has 0 atom stereocenters. The van der Waals surface area contributed by atoms with Crippen LogP contribution in [0.15, 0.2) is 0 Å². The van der Waals surface area contributed by atoms with E-state index in [0.29, 0.717) is 0 Å². The van der Waals surface area contributed by atoms with Crippen molar-refractivity contribution in [2.75, 3.05) is 12.3 Å². The highest BCUT2D eigenvalue weighted by atomic mass is 127. The molecular formula is C6H14BIP+. The summed E-state index contributed by atoms with van der Waals surface area (Å²) in [4.78, 5) is -0.973. The molecular weight excluding hydrogens is 241 g/mol. The minimum atomic E-state index is -0.973. The van der Waals surface area contributed by atoms with Crippen LogP contribution in [0.5, 0.6) is 0 Å². The molecule has 0 aliphatic heterocycles. The molecule has 0 unspecified atom stereocenters. The third-order valence-corrected chi connectivity index (χ3v) is 6.47.